The standard InChI is InChI=1S/C11H21NO3/c1-10(2,3)15-9(13)12-8-7-11(14)5-4-6-11/h14H,4-8H2,1-3H3,(H,12,13). The maximum absolute atomic E-state index is 11.2. The van der Waals surface area contributed by atoms with Crippen LogP contribution in [-0.2, 0) is 4.74 Å². The molecule has 15 heavy (non-hydrogen) atoms. The lowest BCUT2D eigenvalue weighted by Gasteiger charge is -2.36. The van der Waals surface area contributed by atoms with Gasteiger partial charge in [0.25, 0.3) is 0 Å². The number of carbonyl (C=O) groups excluding carboxylic acids is 1. The largest absolute Gasteiger partial charge is 0.444 e. The third-order valence-corrected chi connectivity index (χ3v) is 2.54. The lowest BCUT2D eigenvalue weighted by molar-refractivity contribution is -0.0397. The normalized spacial score (nSPS) is 19.2. The predicted octanol–water partition coefficient (Wildman–Crippen LogP) is 1.82. The quantitative estimate of drug-likeness (QED) is 0.755. The Morgan fingerprint density at radius 2 is 2.07 bits per heavy atom. The molecular formula is C11H21NO3. The molecule has 0 bridgehead atoms. The molecule has 4 heteroatoms. The molecule has 4 nitrogen and oxygen atoms in total. The lowest BCUT2D eigenvalue weighted by atomic mass is 9.78. The molecule has 1 aliphatic rings. The Bertz CT molecular complexity index is 228. The SMILES string of the molecule is CC(C)(C)OC(=O)NCCC1(O)CCC1. The van der Waals surface area contributed by atoms with Gasteiger partial charge in [0.05, 0.1) is 5.60 Å². The molecule has 1 fully saturated rings. The average molecular weight is 215 g/mol. The molecule has 0 aromatic rings. The van der Waals surface area contributed by atoms with Crippen molar-refractivity contribution in [1.29, 1.82) is 0 Å². The van der Waals surface area contributed by atoms with Crippen molar-refractivity contribution in [3.05, 3.63) is 0 Å². The molecule has 1 saturated carbocycles. The molecule has 0 unspecified atom stereocenters. The highest BCUT2D eigenvalue weighted by Crippen LogP contribution is 2.33. The van der Waals surface area contributed by atoms with Crippen LogP contribution in [0.1, 0.15) is 46.5 Å². The molecule has 0 radical (unpaired) electrons. The first-order valence-corrected chi connectivity index (χ1v) is 5.50. The number of aliphatic hydroxyl groups is 1. The minimum atomic E-state index is -0.533. The van der Waals surface area contributed by atoms with Gasteiger partial charge in [-0.05, 0) is 46.5 Å². The summed E-state index contributed by atoms with van der Waals surface area (Å²) < 4.78 is 5.07. The summed E-state index contributed by atoms with van der Waals surface area (Å²) in [4.78, 5) is 11.2. The van der Waals surface area contributed by atoms with E-state index in [4.69, 9.17) is 4.74 Å². The highest BCUT2D eigenvalue weighted by atomic mass is 16.6. The maximum atomic E-state index is 11.2. The van der Waals surface area contributed by atoms with Gasteiger partial charge in [-0.3, -0.25) is 0 Å². The summed E-state index contributed by atoms with van der Waals surface area (Å²) in [5.74, 6) is 0. The summed E-state index contributed by atoms with van der Waals surface area (Å²) in [6, 6.07) is 0. The van der Waals surface area contributed by atoms with Crippen molar-refractivity contribution in [2.24, 2.45) is 0 Å². The first kappa shape index (κ1) is 12.3. The summed E-state index contributed by atoms with van der Waals surface area (Å²) >= 11 is 0. The Kier molecular flexibility index (Phi) is 3.60. The van der Waals surface area contributed by atoms with Gasteiger partial charge in [-0.15, -0.1) is 0 Å². The fourth-order valence-electron chi connectivity index (χ4n) is 1.55. The van der Waals surface area contributed by atoms with Gasteiger partial charge >= 0.3 is 6.09 Å². The van der Waals surface area contributed by atoms with Gasteiger partial charge < -0.3 is 15.2 Å². The van der Waals surface area contributed by atoms with Gasteiger partial charge in [-0.2, -0.15) is 0 Å². The van der Waals surface area contributed by atoms with E-state index in [0.29, 0.717) is 13.0 Å². The van der Waals surface area contributed by atoms with E-state index >= 15 is 0 Å². The number of hydrogen-bond donors (Lipinski definition) is 2. The van der Waals surface area contributed by atoms with Crippen LogP contribution in [0.4, 0.5) is 4.79 Å². The van der Waals surface area contributed by atoms with Crippen LogP contribution < -0.4 is 5.32 Å². The van der Waals surface area contributed by atoms with Crippen molar-refractivity contribution in [2.45, 2.75) is 57.7 Å². The molecule has 0 aromatic heterocycles. The summed E-state index contributed by atoms with van der Waals surface area (Å²) in [5, 5.41) is 12.4. The van der Waals surface area contributed by atoms with E-state index in [1.165, 1.54) is 0 Å². The molecule has 88 valence electrons. The number of alkyl carbamates (subject to hydrolysis) is 1. The zero-order chi connectivity index (χ0) is 11.5. The number of nitrogens with one attached hydrogen (secondary N) is 1. The van der Waals surface area contributed by atoms with Crippen molar-refractivity contribution in [3.63, 3.8) is 0 Å². The molecule has 0 heterocycles. The van der Waals surface area contributed by atoms with Crippen molar-refractivity contribution in [2.75, 3.05) is 6.54 Å². The van der Waals surface area contributed by atoms with Gasteiger partial charge in [0.15, 0.2) is 0 Å². The zero-order valence-electron chi connectivity index (χ0n) is 9.80. The zero-order valence-corrected chi connectivity index (χ0v) is 9.80. The number of amides is 1. The summed E-state index contributed by atoms with van der Waals surface area (Å²) in [6.07, 6.45) is 2.99. The smallest absolute Gasteiger partial charge is 0.407 e. The van der Waals surface area contributed by atoms with Crippen LogP contribution in [0.3, 0.4) is 0 Å². The number of carbonyl (C=O) groups is 1. The Morgan fingerprint density at radius 3 is 2.47 bits per heavy atom. The molecule has 1 rings (SSSR count). The van der Waals surface area contributed by atoms with Crippen molar-refractivity contribution in [3.8, 4) is 0 Å². The summed E-state index contributed by atoms with van der Waals surface area (Å²) in [6.45, 7) is 5.95. The Labute approximate surface area is 91.0 Å². The number of ether oxygens (including phenoxy) is 1. The molecule has 0 saturated heterocycles. The van der Waals surface area contributed by atoms with E-state index in [2.05, 4.69) is 5.32 Å². The van der Waals surface area contributed by atoms with E-state index < -0.39 is 17.3 Å². The van der Waals surface area contributed by atoms with Crippen molar-refractivity contribution in [1.82, 2.24) is 5.32 Å². The Morgan fingerprint density at radius 1 is 1.47 bits per heavy atom. The highest BCUT2D eigenvalue weighted by molar-refractivity contribution is 5.67. The van der Waals surface area contributed by atoms with E-state index in [1.54, 1.807) is 0 Å². The fourth-order valence-corrected chi connectivity index (χ4v) is 1.55. The maximum Gasteiger partial charge on any atom is 0.407 e. The molecule has 0 atom stereocenters. The van der Waals surface area contributed by atoms with Crippen LogP contribution in [0.25, 0.3) is 0 Å². The average Bonchev–Trinajstić information content (AvgIpc) is 1.97. The lowest BCUT2D eigenvalue weighted by Crippen LogP contribution is -2.41. The van der Waals surface area contributed by atoms with Crippen LogP contribution in [-0.4, -0.2) is 28.9 Å². The van der Waals surface area contributed by atoms with Crippen molar-refractivity contribution >= 4 is 6.09 Å². The van der Waals surface area contributed by atoms with Crippen LogP contribution in [0.15, 0.2) is 0 Å². The van der Waals surface area contributed by atoms with Gasteiger partial charge in [-0.25, -0.2) is 4.79 Å². The minimum Gasteiger partial charge on any atom is -0.444 e. The van der Waals surface area contributed by atoms with E-state index in [1.807, 2.05) is 20.8 Å². The van der Waals surface area contributed by atoms with E-state index in [9.17, 15) is 9.90 Å². The van der Waals surface area contributed by atoms with Crippen LogP contribution in [0.5, 0.6) is 0 Å². The number of rotatable bonds is 3. The molecule has 0 spiro atoms. The van der Waals surface area contributed by atoms with Crippen LogP contribution in [0, 0.1) is 0 Å². The van der Waals surface area contributed by atoms with Gasteiger partial charge in [0.1, 0.15) is 5.60 Å². The molecule has 2 N–H and O–H groups in total. The Hall–Kier alpha value is -0.770. The number of hydrogen-bond acceptors (Lipinski definition) is 3. The second-order valence-corrected chi connectivity index (χ2v) is 5.26. The van der Waals surface area contributed by atoms with Crippen LogP contribution in [0.2, 0.25) is 0 Å². The first-order valence-electron chi connectivity index (χ1n) is 5.50. The summed E-state index contributed by atoms with van der Waals surface area (Å²) in [5.41, 5.74) is -0.994. The monoisotopic (exact) mass is 215 g/mol. The third kappa shape index (κ3) is 4.51. The molecule has 0 aliphatic heterocycles. The van der Waals surface area contributed by atoms with Gasteiger partial charge in [0, 0.05) is 6.54 Å². The molecule has 1 aliphatic carbocycles. The van der Waals surface area contributed by atoms with E-state index in [-0.39, 0.29) is 0 Å². The van der Waals surface area contributed by atoms with Gasteiger partial charge in [-0.1, -0.05) is 0 Å². The second-order valence-electron chi connectivity index (χ2n) is 5.26. The van der Waals surface area contributed by atoms with Crippen molar-refractivity contribution < 1.29 is 14.6 Å². The molecule has 0 aromatic carbocycles. The fraction of sp³-hybridized carbons (Fsp3) is 0.909. The Balaban J connectivity index is 2.12. The first-order chi connectivity index (χ1) is 6.81. The van der Waals surface area contributed by atoms with E-state index in [0.717, 1.165) is 19.3 Å². The minimum absolute atomic E-state index is 0.412. The van der Waals surface area contributed by atoms with Gasteiger partial charge in [0.2, 0.25) is 0 Å². The van der Waals surface area contributed by atoms with Crippen LogP contribution >= 0.6 is 0 Å². The third-order valence-electron chi connectivity index (χ3n) is 2.54. The molecule has 1 amide bonds. The molecular weight excluding hydrogens is 194 g/mol. The second kappa shape index (κ2) is 4.39. The highest BCUT2D eigenvalue weighted by Gasteiger charge is 2.33. The predicted molar refractivity (Wildman–Crippen MR) is 57.7 cm³/mol. The topological polar surface area (TPSA) is 58.6 Å². The summed E-state index contributed by atoms with van der Waals surface area (Å²) in [7, 11) is 0.